The molecule has 0 radical (unpaired) electrons. The van der Waals surface area contributed by atoms with Gasteiger partial charge >= 0.3 is 59.1 Å². The Morgan fingerprint density at radius 3 is 2.35 bits per heavy atom. The maximum absolute atomic E-state index is 10.4. The zero-order valence-electron chi connectivity index (χ0n) is 10.8. The topological polar surface area (TPSA) is 168 Å². The molecule has 4 unspecified atom stereocenters. The van der Waals surface area contributed by atoms with Gasteiger partial charge < -0.3 is 24.1 Å². The van der Waals surface area contributed by atoms with Gasteiger partial charge in [-0.15, -0.1) is 0 Å². The van der Waals surface area contributed by atoms with Gasteiger partial charge in [0.2, 0.25) is 10.4 Å². The number of hydrogen-bond acceptors (Lipinski definition) is 9. The molecule has 1 aliphatic heterocycles. The standard InChI is InChI=1S/C6H13NO9S2.2Na/c8-4-1-3(2-15-18(12,13)14)16-6(9)5(4)7-17(10)11;;/h3-9H,1-2H2,(H,10,11)(H,12,13,14);;/q;2*+1/p-2/t3?,4-,5?,6?;;/m0../s1. The molecule has 1 fully saturated rings. The summed E-state index contributed by atoms with van der Waals surface area (Å²) in [4.78, 5) is 0. The Labute approximate surface area is 162 Å². The average molecular weight is 351 g/mol. The summed E-state index contributed by atoms with van der Waals surface area (Å²) in [6, 6.07) is -1.27. The normalized spacial score (nSPS) is 31.8. The summed E-state index contributed by atoms with van der Waals surface area (Å²) in [6.07, 6.45) is -4.25. The molecule has 0 aromatic rings. The predicted molar refractivity (Wildman–Crippen MR) is 53.0 cm³/mol. The van der Waals surface area contributed by atoms with E-state index in [1.54, 1.807) is 0 Å². The number of aliphatic hydroxyl groups is 2. The van der Waals surface area contributed by atoms with E-state index < -0.39 is 52.8 Å². The van der Waals surface area contributed by atoms with Crippen LogP contribution in [0, 0.1) is 0 Å². The van der Waals surface area contributed by atoms with E-state index in [1.165, 1.54) is 0 Å². The van der Waals surface area contributed by atoms with Crippen LogP contribution in [0.25, 0.3) is 0 Å². The van der Waals surface area contributed by atoms with Crippen LogP contribution in [0.1, 0.15) is 6.42 Å². The van der Waals surface area contributed by atoms with Gasteiger partial charge in [-0.2, -0.15) is 0 Å². The van der Waals surface area contributed by atoms with Crippen molar-refractivity contribution in [2.24, 2.45) is 0 Å². The summed E-state index contributed by atoms with van der Waals surface area (Å²) in [7, 11) is -4.90. The van der Waals surface area contributed by atoms with Crippen molar-refractivity contribution in [3.63, 3.8) is 0 Å². The second-order valence-corrected chi connectivity index (χ2v) is 5.28. The van der Waals surface area contributed by atoms with Crippen LogP contribution >= 0.6 is 0 Å². The van der Waals surface area contributed by atoms with Crippen molar-refractivity contribution in [2.45, 2.75) is 31.0 Å². The van der Waals surface area contributed by atoms with E-state index in [2.05, 4.69) is 4.18 Å². The van der Waals surface area contributed by atoms with Crippen LogP contribution in [0.2, 0.25) is 0 Å². The van der Waals surface area contributed by atoms with Crippen molar-refractivity contribution in [1.29, 1.82) is 0 Å². The van der Waals surface area contributed by atoms with Crippen LogP contribution in [0.4, 0.5) is 0 Å². The minimum Gasteiger partial charge on any atom is -0.760 e. The molecule has 0 amide bonds. The van der Waals surface area contributed by atoms with Crippen LogP contribution in [-0.4, -0.2) is 63.1 Å². The molecule has 20 heavy (non-hydrogen) atoms. The molecule has 10 nitrogen and oxygen atoms in total. The molecule has 1 rings (SSSR count). The SMILES string of the molecule is O=S([O-])NC1C(O)OC(COS(=O)(=O)[O-])C[C@@H]1O.[Na+].[Na+]. The van der Waals surface area contributed by atoms with E-state index in [9.17, 15) is 31.9 Å². The van der Waals surface area contributed by atoms with Crippen molar-refractivity contribution in [3.8, 4) is 0 Å². The van der Waals surface area contributed by atoms with Gasteiger partial charge in [-0.1, -0.05) is 0 Å². The van der Waals surface area contributed by atoms with Gasteiger partial charge in [0.05, 0.1) is 24.9 Å². The number of aliphatic hydroxyl groups excluding tert-OH is 2. The molecule has 1 aliphatic rings. The molecule has 0 bridgehead atoms. The first-order chi connectivity index (χ1) is 8.19. The van der Waals surface area contributed by atoms with Crippen LogP contribution < -0.4 is 63.8 Å². The van der Waals surface area contributed by atoms with Gasteiger partial charge in [-0.25, -0.2) is 13.1 Å². The third kappa shape index (κ3) is 9.07. The number of hydrogen-bond donors (Lipinski definition) is 3. The zero-order chi connectivity index (χ0) is 13.9. The molecule has 0 spiro atoms. The van der Waals surface area contributed by atoms with E-state index in [-0.39, 0.29) is 65.5 Å². The fraction of sp³-hybridized carbons (Fsp3) is 1.00. The average Bonchev–Trinajstić information content (AvgIpc) is 2.19. The smallest absolute Gasteiger partial charge is 0.760 e. The van der Waals surface area contributed by atoms with E-state index in [4.69, 9.17) is 4.74 Å². The molecule has 3 N–H and O–H groups in total. The number of ether oxygens (including phenoxy) is 1. The third-order valence-corrected chi connectivity index (χ3v) is 3.08. The third-order valence-electron chi connectivity index (χ3n) is 2.19. The van der Waals surface area contributed by atoms with E-state index >= 15 is 0 Å². The maximum Gasteiger partial charge on any atom is 1.00 e. The first kappa shape index (κ1) is 24.1. The van der Waals surface area contributed by atoms with Crippen molar-refractivity contribution in [1.82, 2.24) is 4.72 Å². The fourth-order valence-electron chi connectivity index (χ4n) is 1.46. The van der Waals surface area contributed by atoms with Crippen molar-refractivity contribution in [3.05, 3.63) is 0 Å². The first-order valence-corrected chi connectivity index (χ1v) is 7.07. The monoisotopic (exact) mass is 351 g/mol. The minimum absolute atomic E-state index is 0. The Hall–Kier alpha value is 1.82. The van der Waals surface area contributed by atoms with Crippen LogP contribution in [0.5, 0.6) is 0 Å². The Kier molecular flexibility index (Phi) is 12.7. The molecule has 1 saturated heterocycles. The van der Waals surface area contributed by atoms with E-state index in [0.29, 0.717) is 0 Å². The molecule has 0 aromatic carbocycles. The molecule has 14 heteroatoms. The van der Waals surface area contributed by atoms with Gasteiger partial charge in [0.1, 0.15) is 0 Å². The van der Waals surface area contributed by atoms with Crippen LogP contribution in [0.3, 0.4) is 0 Å². The van der Waals surface area contributed by atoms with Crippen LogP contribution in [0.15, 0.2) is 0 Å². The van der Waals surface area contributed by atoms with Crippen molar-refractivity contribution < 1.29 is 100.0 Å². The van der Waals surface area contributed by atoms with Crippen LogP contribution in [-0.2, 0) is 30.6 Å². The predicted octanol–water partition coefficient (Wildman–Crippen LogP) is -9.31. The van der Waals surface area contributed by atoms with Gasteiger partial charge in [-0.05, 0) is 0 Å². The van der Waals surface area contributed by atoms with Crippen molar-refractivity contribution in [2.75, 3.05) is 6.61 Å². The number of nitrogens with one attached hydrogen (secondary N) is 1. The first-order valence-electron chi connectivity index (χ1n) is 4.66. The summed E-state index contributed by atoms with van der Waals surface area (Å²) in [6.45, 7) is -0.673. The fourth-order valence-corrected chi connectivity index (χ4v) is 2.27. The van der Waals surface area contributed by atoms with Gasteiger partial charge in [0, 0.05) is 17.7 Å². The molecule has 5 atom stereocenters. The summed E-state index contributed by atoms with van der Waals surface area (Å²) in [5.74, 6) is 0. The molecular formula is C6H11NNa2O9S2. The van der Waals surface area contributed by atoms with Crippen molar-refractivity contribution >= 4 is 21.7 Å². The van der Waals surface area contributed by atoms with E-state index in [1.807, 2.05) is 4.72 Å². The Balaban J connectivity index is 0. The Morgan fingerprint density at radius 2 is 1.95 bits per heavy atom. The molecule has 108 valence electrons. The Morgan fingerprint density at radius 1 is 1.40 bits per heavy atom. The van der Waals surface area contributed by atoms with Gasteiger partial charge in [0.15, 0.2) is 6.29 Å². The summed E-state index contributed by atoms with van der Waals surface area (Å²) >= 11 is -2.71. The van der Waals surface area contributed by atoms with E-state index in [0.717, 1.165) is 0 Å². The molecule has 0 aromatic heterocycles. The summed E-state index contributed by atoms with van der Waals surface area (Å²) < 4.78 is 61.9. The second kappa shape index (κ2) is 10.6. The minimum atomic E-state index is -4.90. The quantitative estimate of drug-likeness (QED) is 0.188. The Bertz CT molecular complexity index is 395. The molecule has 0 saturated carbocycles. The summed E-state index contributed by atoms with van der Waals surface area (Å²) in [5.41, 5.74) is 0. The van der Waals surface area contributed by atoms with Gasteiger partial charge in [0.25, 0.3) is 0 Å². The summed E-state index contributed by atoms with van der Waals surface area (Å²) in [5, 5.41) is 18.9. The van der Waals surface area contributed by atoms with Gasteiger partial charge in [-0.3, -0.25) is 8.39 Å². The number of rotatable bonds is 5. The largest absolute Gasteiger partial charge is 1.00 e. The maximum atomic E-state index is 10.4. The molecule has 0 aliphatic carbocycles. The molecular weight excluding hydrogens is 340 g/mol. The molecule has 1 heterocycles. The zero-order valence-corrected chi connectivity index (χ0v) is 16.4. The second-order valence-electron chi connectivity index (χ2n) is 3.52.